The standard InChI is InChI=1S/C23H29N5O4/c1-15(2)27(13-18-24-17-10-6-5-9-16(17)20(30)25-18)19(29)14-28-21(31)23(26(3)22(28)32)11-7-4-8-12-23/h5-6,9-10,15H,4,7-8,11-14H2,1-3H3,(H,24,25,30). The van der Waals surface area contributed by atoms with E-state index in [0.29, 0.717) is 29.6 Å². The van der Waals surface area contributed by atoms with Crippen molar-refractivity contribution in [2.75, 3.05) is 13.6 Å². The van der Waals surface area contributed by atoms with Gasteiger partial charge in [0.2, 0.25) is 5.91 Å². The maximum Gasteiger partial charge on any atom is 0.327 e. The van der Waals surface area contributed by atoms with Crippen LogP contribution in [0.3, 0.4) is 0 Å². The van der Waals surface area contributed by atoms with E-state index in [0.717, 1.165) is 24.2 Å². The number of urea groups is 1. The molecule has 1 aliphatic heterocycles. The number of fused-ring (bicyclic) bond motifs is 1. The summed E-state index contributed by atoms with van der Waals surface area (Å²) in [5.41, 5.74) is -0.538. The Balaban J connectivity index is 1.55. The number of hydrogen-bond donors (Lipinski definition) is 1. The predicted molar refractivity (Wildman–Crippen MR) is 119 cm³/mol. The van der Waals surface area contributed by atoms with Gasteiger partial charge in [0.05, 0.1) is 17.4 Å². The lowest BCUT2D eigenvalue weighted by Crippen LogP contribution is -2.50. The highest BCUT2D eigenvalue weighted by molar-refractivity contribution is 6.09. The van der Waals surface area contributed by atoms with E-state index in [1.807, 2.05) is 13.8 Å². The Labute approximate surface area is 186 Å². The lowest BCUT2D eigenvalue weighted by molar-refractivity contribution is -0.141. The zero-order valence-corrected chi connectivity index (χ0v) is 18.8. The highest BCUT2D eigenvalue weighted by Gasteiger charge is 2.56. The second kappa shape index (κ2) is 8.37. The van der Waals surface area contributed by atoms with Crippen LogP contribution in [0, 0.1) is 0 Å². The number of likely N-dealkylation sites (N-methyl/N-ethyl adjacent to an activating group) is 1. The van der Waals surface area contributed by atoms with Crippen LogP contribution in [0.4, 0.5) is 4.79 Å². The molecule has 9 heteroatoms. The predicted octanol–water partition coefficient (Wildman–Crippen LogP) is 2.26. The second-order valence-corrected chi connectivity index (χ2v) is 8.97. The molecular weight excluding hydrogens is 410 g/mol. The number of carbonyl (C=O) groups is 3. The highest BCUT2D eigenvalue weighted by Crippen LogP contribution is 2.39. The van der Waals surface area contributed by atoms with Crippen LogP contribution in [0.25, 0.3) is 10.9 Å². The molecule has 1 N–H and O–H groups in total. The van der Waals surface area contributed by atoms with Crippen molar-refractivity contribution in [2.45, 2.75) is 64.1 Å². The van der Waals surface area contributed by atoms with Crippen molar-refractivity contribution in [1.82, 2.24) is 24.7 Å². The number of amides is 4. The van der Waals surface area contributed by atoms with Gasteiger partial charge in [-0.1, -0.05) is 31.4 Å². The van der Waals surface area contributed by atoms with E-state index in [9.17, 15) is 19.2 Å². The number of imide groups is 1. The molecule has 0 radical (unpaired) electrons. The zero-order chi connectivity index (χ0) is 23.0. The first kappa shape index (κ1) is 22.0. The van der Waals surface area contributed by atoms with Crippen LogP contribution < -0.4 is 5.56 Å². The fourth-order valence-corrected chi connectivity index (χ4v) is 4.83. The van der Waals surface area contributed by atoms with Crippen molar-refractivity contribution < 1.29 is 14.4 Å². The molecule has 1 spiro atoms. The summed E-state index contributed by atoms with van der Waals surface area (Å²) in [6.45, 7) is 3.45. The van der Waals surface area contributed by atoms with Crippen LogP contribution in [-0.2, 0) is 16.1 Å². The van der Waals surface area contributed by atoms with Gasteiger partial charge in [-0.2, -0.15) is 0 Å². The average molecular weight is 440 g/mol. The normalized spacial score (nSPS) is 18.2. The average Bonchev–Trinajstić information content (AvgIpc) is 2.94. The van der Waals surface area contributed by atoms with Crippen LogP contribution in [0.2, 0.25) is 0 Å². The quantitative estimate of drug-likeness (QED) is 0.719. The van der Waals surface area contributed by atoms with E-state index >= 15 is 0 Å². The van der Waals surface area contributed by atoms with Gasteiger partial charge in [-0.25, -0.2) is 9.78 Å². The first-order valence-corrected chi connectivity index (χ1v) is 11.1. The summed E-state index contributed by atoms with van der Waals surface area (Å²) in [6.07, 6.45) is 4.10. The van der Waals surface area contributed by atoms with E-state index < -0.39 is 11.6 Å². The van der Waals surface area contributed by atoms with Gasteiger partial charge in [0.25, 0.3) is 11.5 Å². The number of hydrogen-bond acceptors (Lipinski definition) is 5. The smallest absolute Gasteiger partial charge is 0.327 e. The summed E-state index contributed by atoms with van der Waals surface area (Å²) in [4.78, 5) is 63.0. The van der Waals surface area contributed by atoms with E-state index in [4.69, 9.17) is 0 Å². The number of rotatable bonds is 5. The first-order chi connectivity index (χ1) is 15.2. The van der Waals surface area contributed by atoms with Crippen molar-refractivity contribution in [3.63, 3.8) is 0 Å². The summed E-state index contributed by atoms with van der Waals surface area (Å²) in [5.74, 6) is -0.284. The van der Waals surface area contributed by atoms with E-state index in [2.05, 4.69) is 9.97 Å². The van der Waals surface area contributed by atoms with Gasteiger partial charge in [0.1, 0.15) is 17.9 Å². The molecule has 1 saturated heterocycles. The van der Waals surface area contributed by atoms with Gasteiger partial charge < -0.3 is 14.8 Å². The van der Waals surface area contributed by atoms with Crippen molar-refractivity contribution in [3.05, 3.63) is 40.4 Å². The van der Waals surface area contributed by atoms with Crippen molar-refractivity contribution in [3.8, 4) is 0 Å². The maximum absolute atomic E-state index is 13.2. The monoisotopic (exact) mass is 439 g/mol. The summed E-state index contributed by atoms with van der Waals surface area (Å²) >= 11 is 0. The molecule has 0 unspecified atom stereocenters. The number of nitrogens with one attached hydrogen (secondary N) is 1. The molecule has 2 aliphatic rings. The number of aromatic nitrogens is 2. The molecule has 2 aromatic rings. The molecule has 4 rings (SSSR count). The fourth-order valence-electron chi connectivity index (χ4n) is 4.83. The Morgan fingerprint density at radius 3 is 2.53 bits per heavy atom. The summed E-state index contributed by atoms with van der Waals surface area (Å²) in [6, 6.07) is 6.37. The molecule has 1 aromatic carbocycles. The largest absolute Gasteiger partial charge is 0.331 e. The fraction of sp³-hybridized carbons (Fsp3) is 0.522. The van der Waals surface area contributed by atoms with E-state index in [1.54, 1.807) is 31.3 Å². The van der Waals surface area contributed by atoms with Crippen molar-refractivity contribution in [2.24, 2.45) is 0 Å². The minimum Gasteiger partial charge on any atom is -0.331 e. The SMILES string of the molecule is CC(C)N(Cc1nc2ccccc2c(=O)[nH]1)C(=O)CN1C(=O)N(C)C2(CCCCC2)C1=O. The molecule has 1 aliphatic carbocycles. The summed E-state index contributed by atoms with van der Waals surface area (Å²) in [5, 5.41) is 0.479. The lowest BCUT2D eigenvalue weighted by atomic mass is 9.81. The van der Waals surface area contributed by atoms with Crippen LogP contribution in [0.5, 0.6) is 0 Å². The molecule has 1 saturated carbocycles. The van der Waals surface area contributed by atoms with Gasteiger partial charge in [-0.15, -0.1) is 0 Å². The van der Waals surface area contributed by atoms with Crippen LogP contribution >= 0.6 is 0 Å². The number of aromatic amines is 1. The Bertz CT molecular complexity index is 1120. The van der Waals surface area contributed by atoms with Gasteiger partial charge in [0.15, 0.2) is 0 Å². The molecule has 4 amide bonds. The van der Waals surface area contributed by atoms with E-state index in [-0.39, 0.29) is 36.5 Å². The topological polar surface area (TPSA) is 107 Å². The first-order valence-electron chi connectivity index (χ1n) is 11.1. The lowest BCUT2D eigenvalue weighted by Gasteiger charge is -2.35. The Kier molecular flexibility index (Phi) is 5.75. The molecule has 32 heavy (non-hydrogen) atoms. The molecule has 0 atom stereocenters. The molecular formula is C23H29N5O4. The number of H-pyrrole nitrogens is 1. The van der Waals surface area contributed by atoms with Crippen LogP contribution in [-0.4, -0.2) is 67.7 Å². The summed E-state index contributed by atoms with van der Waals surface area (Å²) in [7, 11) is 1.65. The van der Waals surface area contributed by atoms with Gasteiger partial charge in [0, 0.05) is 13.1 Å². The molecule has 2 heterocycles. The molecule has 170 valence electrons. The zero-order valence-electron chi connectivity index (χ0n) is 18.8. The Hall–Kier alpha value is -3.23. The van der Waals surface area contributed by atoms with Crippen LogP contribution in [0.1, 0.15) is 51.8 Å². The Morgan fingerprint density at radius 1 is 1.16 bits per heavy atom. The minimum absolute atomic E-state index is 0.0772. The minimum atomic E-state index is -0.816. The van der Waals surface area contributed by atoms with Crippen molar-refractivity contribution >= 4 is 28.7 Å². The van der Waals surface area contributed by atoms with Crippen LogP contribution in [0.15, 0.2) is 29.1 Å². The molecule has 1 aromatic heterocycles. The number of nitrogens with zero attached hydrogens (tertiary/aromatic N) is 4. The second-order valence-electron chi connectivity index (χ2n) is 8.97. The summed E-state index contributed by atoms with van der Waals surface area (Å²) < 4.78 is 0. The third-order valence-corrected chi connectivity index (χ3v) is 6.70. The highest BCUT2D eigenvalue weighted by atomic mass is 16.2. The maximum atomic E-state index is 13.2. The molecule has 9 nitrogen and oxygen atoms in total. The van der Waals surface area contributed by atoms with E-state index in [1.165, 1.54) is 9.80 Å². The number of carbonyl (C=O) groups excluding carboxylic acids is 3. The third-order valence-electron chi connectivity index (χ3n) is 6.70. The Morgan fingerprint density at radius 2 is 1.84 bits per heavy atom. The van der Waals surface area contributed by atoms with Crippen molar-refractivity contribution in [1.29, 1.82) is 0 Å². The van der Waals surface area contributed by atoms with Gasteiger partial charge in [-0.05, 0) is 38.8 Å². The molecule has 0 bridgehead atoms. The van der Waals surface area contributed by atoms with Gasteiger partial charge >= 0.3 is 6.03 Å². The third kappa shape index (κ3) is 3.65. The number of benzene rings is 1. The molecule has 2 fully saturated rings. The van der Waals surface area contributed by atoms with Gasteiger partial charge in [-0.3, -0.25) is 19.3 Å². The number of para-hydroxylation sites is 1.